The summed E-state index contributed by atoms with van der Waals surface area (Å²) in [6, 6.07) is 10.7. The van der Waals surface area contributed by atoms with Crippen LogP contribution in [0.5, 0.6) is 0 Å². The molecule has 2 heterocycles. The number of nitrogens with zero attached hydrogens (tertiary/aromatic N) is 2. The van der Waals surface area contributed by atoms with Crippen LogP contribution in [0.1, 0.15) is 4.88 Å². The van der Waals surface area contributed by atoms with Gasteiger partial charge in [-0.15, -0.1) is 11.3 Å². The first-order chi connectivity index (χ1) is 10.5. The van der Waals surface area contributed by atoms with Gasteiger partial charge < -0.3 is 9.32 Å². The lowest BCUT2D eigenvalue weighted by Gasteiger charge is -2.16. The molecule has 7 heteroatoms. The molecule has 0 aliphatic rings. The summed E-state index contributed by atoms with van der Waals surface area (Å²) in [5, 5.41) is 0. The van der Waals surface area contributed by atoms with Gasteiger partial charge in [0.1, 0.15) is 6.54 Å². The van der Waals surface area contributed by atoms with E-state index in [1.165, 1.54) is 15.9 Å². The molecule has 0 aliphatic carbocycles. The average Bonchev–Trinajstić information content (AvgIpc) is 3.03. The molecule has 0 bridgehead atoms. The fourth-order valence-electron chi connectivity index (χ4n) is 2.18. The number of benzene rings is 1. The quantitative estimate of drug-likeness (QED) is 0.736. The molecule has 0 saturated heterocycles. The van der Waals surface area contributed by atoms with Crippen LogP contribution in [-0.2, 0) is 17.9 Å². The van der Waals surface area contributed by atoms with Crippen LogP contribution in [0.15, 0.2) is 45.6 Å². The Bertz CT molecular complexity index is 880. The number of para-hydroxylation sites is 2. The van der Waals surface area contributed by atoms with Crippen molar-refractivity contribution in [1.82, 2.24) is 9.47 Å². The number of hydrogen-bond acceptors (Lipinski definition) is 4. The molecule has 0 aliphatic heterocycles. The van der Waals surface area contributed by atoms with E-state index >= 15 is 0 Å². The zero-order valence-corrected chi connectivity index (χ0v) is 13.4. The lowest BCUT2D eigenvalue weighted by Crippen LogP contribution is -2.32. The fraction of sp³-hybridized carbons (Fsp3) is 0.200. The predicted octanol–water partition coefficient (Wildman–Crippen LogP) is 2.97. The molecule has 5 nitrogen and oxygen atoms in total. The number of oxazole rings is 1. The second-order valence-corrected chi connectivity index (χ2v) is 6.68. The highest BCUT2D eigenvalue weighted by Gasteiger charge is 2.16. The summed E-state index contributed by atoms with van der Waals surface area (Å²) < 4.78 is 7.15. The van der Waals surface area contributed by atoms with Crippen LogP contribution in [0.3, 0.4) is 0 Å². The van der Waals surface area contributed by atoms with E-state index in [-0.39, 0.29) is 12.5 Å². The highest BCUT2D eigenvalue weighted by atomic mass is 35.5. The van der Waals surface area contributed by atoms with Gasteiger partial charge in [0.05, 0.1) is 16.4 Å². The number of hydrogen-bond donors (Lipinski definition) is 0. The third-order valence-corrected chi connectivity index (χ3v) is 4.53. The van der Waals surface area contributed by atoms with E-state index in [0.29, 0.717) is 22.0 Å². The number of carbonyl (C=O) groups excluding carboxylic acids is 1. The summed E-state index contributed by atoms with van der Waals surface area (Å²) in [7, 11) is 1.70. The van der Waals surface area contributed by atoms with Gasteiger partial charge in [0.2, 0.25) is 5.91 Å². The van der Waals surface area contributed by atoms with Gasteiger partial charge in [0.15, 0.2) is 5.58 Å². The highest BCUT2D eigenvalue weighted by molar-refractivity contribution is 7.16. The molecule has 0 fully saturated rings. The van der Waals surface area contributed by atoms with Crippen LogP contribution >= 0.6 is 22.9 Å². The predicted molar refractivity (Wildman–Crippen MR) is 86.3 cm³/mol. The van der Waals surface area contributed by atoms with E-state index in [2.05, 4.69) is 0 Å². The summed E-state index contributed by atoms with van der Waals surface area (Å²) in [4.78, 5) is 26.7. The molecule has 3 aromatic rings. The lowest BCUT2D eigenvalue weighted by atomic mass is 10.3. The van der Waals surface area contributed by atoms with Crippen LogP contribution in [0.25, 0.3) is 11.1 Å². The standard InChI is InChI=1S/C15H13ClN2O3S/c1-17(8-10-6-7-13(16)22-10)14(19)9-18-11-4-2-3-5-12(11)21-15(18)20/h2-7H,8-9H2,1H3. The van der Waals surface area contributed by atoms with Crippen LogP contribution < -0.4 is 5.76 Å². The number of aromatic nitrogens is 1. The molecule has 0 atom stereocenters. The Kier molecular flexibility index (Phi) is 4.04. The number of halogens is 1. The van der Waals surface area contributed by atoms with Gasteiger partial charge in [-0.1, -0.05) is 23.7 Å². The number of fused-ring (bicyclic) bond motifs is 1. The lowest BCUT2D eigenvalue weighted by molar-refractivity contribution is -0.131. The van der Waals surface area contributed by atoms with Crippen molar-refractivity contribution in [3.63, 3.8) is 0 Å². The number of amides is 1. The molecule has 0 saturated carbocycles. The van der Waals surface area contributed by atoms with Gasteiger partial charge in [-0.2, -0.15) is 0 Å². The number of carbonyl (C=O) groups is 1. The molecule has 3 rings (SSSR count). The van der Waals surface area contributed by atoms with E-state index in [4.69, 9.17) is 16.0 Å². The van der Waals surface area contributed by atoms with Gasteiger partial charge in [-0.3, -0.25) is 9.36 Å². The van der Waals surface area contributed by atoms with Crippen LogP contribution in [0, 0.1) is 0 Å². The first-order valence-electron chi connectivity index (χ1n) is 6.61. The minimum atomic E-state index is -0.526. The molecule has 1 aromatic carbocycles. The zero-order valence-electron chi connectivity index (χ0n) is 11.8. The second-order valence-electron chi connectivity index (χ2n) is 4.88. The molecule has 1 amide bonds. The van der Waals surface area contributed by atoms with Crippen LogP contribution in [0.4, 0.5) is 0 Å². The van der Waals surface area contributed by atoms with E-state index in [9.17, 15) is 9.59 Å². The molecule has 22 heavy (non-hydrogen) atoms. The van der Waals surface area contributed by atoms with Crippen molar-refractivity contribution in [1.29, 1.82) is 0 Å². The largest absolute Gasteiger partial charge is 0.420 e. The first-order valence-corrected chi connectivity index (χ1v) is 7.80. The molecular weight excluding hydrogens is 324 g/mol. The molecule has 0 spiro atoms. The van der Waals surface area contributed by atoms with Crippen molar-refractivity contribution in [3.8, 4) is 0 Å². The van der Waals surface area contributed by atoms with Gasteiger partial charge in [-0.25, -0.2) is 4.79 Å². The van der Waals surface area contributed by atoms with Crippen molar-refractivity contribution >= 4 is 39.9 Å². The van der Waals surface area contributed by atoms with Crippen LogP contribution in [-0.4, -0.2) is 22.4 Å². The maximum atomic E-state index is 12.3. The molecule has 0 N–H and O–H groups in total. The Hall–Kier alpha value is -2.05. The van der Waals surface area contributed by atoms with Gasteiger partial charge >= 0.3 is 5.76 Å². The third-order valence-electron chi connectivity index (χ3n) is 3.31. The van der Waals surface area contributed by atoms with E-state index in [1.807, 2.05) is 6.07 Å². The minimum absolute atomic E-state index is 0.0501. The topological polar surface area (TPSA) is 55.5 Å². The van der Waals surface area contributed by atoms with Crippen molar-refractivity contribution in [2.75, 3.05) is 7.05 Å². The van der Waals surface area contributed by atoms with Gasteiger partial charge in [0.25, 0.3) is 0 Å². The first kappa shape index (κ1) is 14.9. The summed E-state index contributed by atoms with van der Waals surface area (Å²) in [5.74, 6) is -0.694. The number of thiophene rings is 1. The smallest absolute Gasteiger partial charge is 0.408 e. The minimum Gasteiger partial charge on any atom is -0.408 e. The number of rotatable bonds is 4. The molecule has 2 aromatic heterocycles. The van der Waals surface area contributed by atoms with E-state index in [0.717, 1.165) is 4.88 Å². The Labute approximate surface area is 135 Å². The SMILES string of the molecule is CN(Cc1ccc(Cl)s1)C(=O)Cn1c(=O)oc2ccccc21. The van der Waals surface area contributed by atoms with Crippen molar-refractivity contribution in [2.45, 2.75) is 13.1 Å². The van der Waals surface area contributed by atoms with Crippen LogP contribution in [0.2, 0.25) is 4.34 Å². The Balaban J connectivity index is 1.78. The van der Waals surface area contributed by atoms with E-state index in [1.54, 1.807) is 42.3 Å². The molecular formula is C15H13ClN2O3S. The summed E-state index contributed by atoms with van der Waals surface area (Å²) >= 11 is 7.31. The fourth-order valence-corrected chi connectivity index (χ4v) is 3.32. The van der Waals surface area contributed by atoms with Crippen molar-refractivity contribution in [2.24, 2.45) is 0 Å². The molecule has 0 unspecified atom stereocenters. The summed E-state index contributed by atoms with van der Waals surface area (Å²) in [6.45, 7) is 0.409. The summed E-state index contributed by atoms with van der Waals surface area (Å²) in [6.07, 6.45) is 0. The number of likely N-dealkylation sites (N-methyl/N-ethyl adjacent to an activating group) is 1. The monoisotopic (exact) mass is 336 g/mol. The van der Waals surface area contributed by atoms with Gasteiger partial charge in [0, 0.05) is 11.9 Å². The Morgan fingerprint density at radius 3 is 2.82 bits per heavy atom. The zero-order chi connectivity index (χ0) is 15.7. The third kappa shape index (κ3) is 2.93. The van der Waals surface area contributed by atoms with Crippen molar-refractivity contribution < 1.29 is 9.21 Å². The van der Waals surface area contributed by atoms with E-state index < -0.39 is 5.76 Å². The van der Waals surface area contributed by atoms with Gasteiger partial charge in [-0.05, 0) is 24.3 Å². The second kappa shape index (κ2) is 5.98. The highest BCUT2D eigenvalue weighted by Crippen LogP contribution is 2.22. The Morgan fingerprint density at radius 2 is 2.09 bits per heavy atom. The Morgan fingerprint density at radius 1 is 1.32 bits per heavy atom. The molecule has 114 valence electrons. The summed E-state index contributed by atoms with van der Waals surface area (Å²) in [5.41, 5.74) is 1.10. The van der Waals surface area contributed by atoms with Crippen molar-refractivity contribution in [3.05, 3.63) is 56.2 Å². The maximum absolute atomic E-state index is 12.3. The average molecular weight is 337 g/mol. The maximum Gasteiger partial charge on any atom is 0.420 e. The normalized spacial score (nSPS) is 11.0. The molecule has 0 radical (unpaired) electrons.